The van der Waals surface area contributed by atoms with E-state index in [1.54, 1.807) is 20.8 Å². The molecule has 2 aliphatic rings. The van der Waals surface area contributed by atoms with Gasteiger partial charge in [0, 0.05) is 19.1 Å². The molecule has 3 atom stereocenters. The van der Waals surface area contributed by atoms with Crippen LogP contribution in [0.3, 0.4) is 0 Å². The van der Waals surface area contributed by atoms with Gasteiger partial charge in [0.25, 0.3) is 0 Å². The van der Waals surface area contributed by atoms with E-state index in [1.807, 2.05) is 0 Å². The van der Waals surface area contributed by atoms with Crippen molar-refractivity contribution in [1.29, 1.82) is 0 Å². The van der Waals surface area contributed by atoms with Crippen LogP contribution in [0.25, 0.3) is 0 Å². The lowest BCUT2D eigenvalue weighted by molar-refractivity contribution is -0.148. The van der Waals surface area contributed by atoms with Gasteiger partial charge in [0.1, 0.15) is 11.6 Å². The number of carboxylic acid groups (broad SMARTS) is 1. The Morgan fingerprint density at radius 2 is 2.00 bits per heavy atom. The number of amides is 1. The molecule has 0 radical (unpaired) electrons. The van der Waals surface area contributed by atoms with Crippen molar-refractivity contribution in [1.82, 2.24) is 4.90 Å². The molecule has 0 saturated carbocycles. The minimum Gasteiger partial charge on any atom is -0.480 e. The molecule has 2 saturated heterocycles. The van der Waals surface area contributed by atoms with Crippen molar-refractivity contribution < 1.29 is 24.2 Å². The van der Waals surface area contributed by atoms with E-state index in [1.165, 1.54) is 4.90 Å². The lowest BCUT2D eigenvalue weighted by Crippen LogP contribution is -2.56. The van der Waals surface area contributed by atoms with Gasteiger partial charge in [0.05, 0.1) is 6.10 Å². The van der Waals surface area contributed by atoms with Crippen molar-refractivity contribution in [3.8, 4) is 0 Å². The zero-order chi connectivity index (χ0) is 14.2. The second-order valence-corrected chi connectivity index (χ2v) is 6.11. The smallest absolute Gasteiger partial charge is 0.411 e. The predicted molar refractivity (Wildman–Crippen MR) is 66.8 cm³/mol. The molecule has 0 aromatic heterocycles. The molecule has 0 aromatic rings. The van der Waals surface area contributed by atoms with Gasteiger partial charge in [-0.2, -0.15) is 0 Å². The Bertz CT molecular complexity index is 376. The zero-order valence-corrected chi connectivity index (χ0v) is 11.6. The summed E-state index contributed by atoms with van der Waals surface area (Å²) in [6.07, 6.45) is 0.763. The second-order valence-electron chi connectivity index (χ2n) is 6.11. The Hall–Kier alpha value is -1.30. The number of hydrogen-bond donors (Lipinski definition) is 1. The third-order valence-electron chi connectivity index (χ3n) is 3.54. The van der Waals surface area contributed by atoms with E-state index < -0.39 is 23.7 Å². The molecule has 2 rings (SSSR count). The standard InChI is InChI=1S/C13H21NO5/c1-13(2,3)19-12(17)14-6-4-9-8(5-7-18-9)10(14)11(15)16/h8-10H,4-7H2,1-3H3,(H,15,16)/t8-,9-,10?/m0/s1. The van der Waals surface area contributed by atoms with Crippen LogP contribution < -0.4 is 0 Å². The van der Waals surface area contributed by atoms with Gasteiger partial charge in [0.2, 0.25) is 0 Å². The summed E-state index contributed by atoms with van der Waals surface area (Å²) in [5.41, 5.74) is -0.622. The van der Waals surface area contributed by atoms with Gasteiger partial charge in [-0.1, -0.05) is 0 Å². The quantitative estimate of drug-likeness (QED) is 0.782. The summed E-state index contributed by atoms with van der Waals surface area (Å²) in [6, 6.07) is -0.837. The van der Waals surface area contributed by atoms with Gasteiger partial charge in [-0.3, -0.25) is 4.90 Å². The first-order valence-corrected chi connectivity index (χ1v) is 6.63. The Morgan fingerprint density at radius 1 is 1.32 bits per heavy atom. The molecule has 1 N–H and O–H groups in total. The van der Waals surface area contributed by atoms with Crippen LogP contribution in [-0.4, -0.2) is 53.0 Å². The van der Waals surface area contributed by atoms with Crippen LogP contribution in [0.5, 0.6) is 0 Å². The number of rotatable bonds is 1. The van der Waals surface area contributed by atoms with Crippen LogP contribution in [0.15, 0.2) is 0 Å². The molecular formula is C13H21NO5. The van der Waals surface area contributed by atoms with Crippen LogP contribution >= 0.6 is 0 Å². The number of carbonyl (C=O) groups is 2. The second kappa shape index (κ2) is 5.00. The van der Waals surface area contributed by atoms with E-state index in [-0.39, 0.29) is 12.0 Å². The van der Waals surface area contributed by atoms with Gasteiger partial charge in [0.15, 0.2) is 0 Å². The molecule has 0 aromatic carbocycles. The fraction of sp³-hybridized carbons (Fsp3) is 0.846. The van der Waals surface area contributed by atoms with Gasteiger partial charge < -0.3 is 14.6 Å². The predicted octanol–water partition coefficient (Wildman–Crippen LogP) is 1.49. The van der Waals surface area contributed by atoms with Gasteiger partial charge in [-0.05, 0) is 33.6 Å². The summed E-state index contributed by atoms with van der Waals surface area (Å²) in [5, 5.41) is 9.40. The number of likely N-dealkylation sites (tertiary alicyclic amines) is 1. The number of nitrogens with zero attached hydrogens (tertiary/aromatic N) is 1. The zero-order valence-electron chi connectivity index (χ0n) is 11.6. The van der Waals surface area contributed by atoms with Crippen LogP contribution in [0, 0.1) is 5.92 Å². The minimum atomic E-state index is -0.981. The first-order chi connectivity index (χ1) is 8.79. The maximum absolute atomic E-state index is 12.1. The van der Waals surface area contributed by atoms with E-state index in [4.69, 9.17) is 9.47 Å². The molecule has 2 fully saturated rings. The van der Waals surface area contributed by atoms with E-state index in [2.05, 4.69) is 0 Å². The fourth-order valence-corrected chi connectivity index (χ4v) is 2.80. The van der Waals surface area contributed by atoms with E-state index in [9.17, 15) is 14.7 Å². The molecule has 6 nitrogen and oxygen atoms in total. The number of piperidine rings is 1. The van der Waals surface area contributed by atoms with Crippen molar-refractivity contribution in [2.75, 3.05) is 13.2 Å². The van der Waals surface area contributed by atoms with Crippen molar-refractivity contribution in [2.45, 2.75) is 51.4 Å². The van der Waals surface area contributed by atoms with Gasteiger partial charge in [-0.15, -0.1) is 0 Å². The highest BCUT2D eigenvalue weighted by Gasteiger charge is 2.48. The van der Waals surface area contributed by atoms with Crippen molar-refractivity contribution in [3.63, 3.8) is 0 Å². The summed E-state index contributed by atoms with van der Waals surface area (Å²) in [6.45, 7) is 6.25. The Balaban J connectivity index is 2.14. The number of carbonyl (C=O) groups excluding carboxylic acids is 1. The monoisotopic (exact) mass is 271 g/mol. The molecular weight excluding hydrogens is 250 g/mol. The number of hydrogen-bond acceptors (Lipinski definition) is 4. The number of fused-ring (bicyclic) bond motifs is 1. The Kier molecular flexibility index (Phi) is 3.71. The Labute approximate surface area is 112 Å². The van der Waals surface area contributed by atoms with E-state index in [0.29, 0.717) is 26.0 Å². The van der Waals surface area contributed by atoms with Crippen molar-refractivity contribution >= 4 is 12.1 Å². The first-order valence-electron chi connectivity index (χ1n) is 6.63. The number of carboxylic acids is 1. The molecule has 2 heterocycles. The van der Waals surface area contributed by atoms with E-state index >= 15 is 0 Å². The lowest BCUT2D eigenvalue weighted by Gasteiger charge is -2.40. The first kappa shape index (κ1) is 14.1. The SMILES string of the molecule is CC(C)(C)OC(=O)N1CC[C@@H]2OCC[C@@H]2C1C(=O)O. The summed E-state index contributed by atoms with van der Waals surface area (Å²) >= 11 is 0. The molecule has 2 aliphatic heterocycles. The molecule has 108 valence electrons. The molecule has 1 unspecified atom stereocenters. The molecule has 0 aliphatic carbocycles. The van der Waals surface area contributed by atoms with Crippen LogP contribution in [0.2, 0.25) is 0 Å². The van der Waals surface area contributed by atoms with Gasteiger partial charge in [-0.25, -0.2) is 9.59 Å². The molecule has 6 heteroatoms. The fourth-order valence-electron chi connectivity index (χ4n) is 2.80. The largest absolute Gasteiger partial charge is 0.480 e. The summed E-state index contributed by atoms with van der Waals surface area (Å²) < 4.78 is 10.8. The third kappa shape index (κ3) is 3.00. The lowest BCUT2D eigenvalue weighted by atomic mass is 9.86. The number of ether oxygens (including phenoxy) is 2. The average Bonchev–Trinajstić information content (AvgIpc) is 2.72. The summed E-state index contributed by atoms with van der Waals surface area (Å²) in [5.74, 6) is -1.11. The topological polar surface area (TPSA) is 76.1 Å². The highest BCUT2D eigenvalue weighted by atomic mass is 16.6. The third-order valence-corrected chi connectivity index (χ3v) is 3.54. The minimum absolute atomic E-state index is 0.0419. The normalized spacial score (nSPS) is 30.9. The van der Waals surface area contributed by atoms with Crippen LogP contribution in [0.4, 0.5) is 4.79 Å². The number of aliphatic carboxylic acids is 1. The molecule has 1 amide bonds. The summed E-state index contributed by atoms with van der Waals surface area (Å²) in [4.78, 5) is 24.9. The van der Waals surface area contributed by atoms with Crippen LogP contribution in [-0.2, 0) is 14.3 Å². The van der Waals surface area contributed by atoms with Crippen LogP contribution in [0.1, 0.15) is 33.6 Å². The molecule has 19 heavy (non-hydrogen) atoms. The average molecular weight is 271 g/mol. The molecule has 0 spiro atoms. The highest BCUT2D eigenvalue weighted by Crippen LogP contribution is 2.34. The van der Waals surface area contributed by atoms with Gasteiger partial charge >= 0.3 is 12.1 Å². The maximum Gasteiger partial charge on any atom is 0.411 e. The van der Waals surface area contributed by atoms with Crippen molar-refractivity contribution in [2.24, 2.45) is 5.92 Å². The highest BCUT2D eigenvalue weighted by molar-refractivity contribution is 5.81. The van der Waals surface area contributed by atoms with E-state index in [0.717, 1.165) is 0 Å². The Morgan fingerprint density at radius 3 is 2.58 bits per heavy atom. The van der Waals surface area contributed by atoms with Crippen molar-refractivity contribution in [3.05, 3.63) is 0 Å². The molecule has 0 bridgehead atoms. The summed E-state index contributed by atoms with van der Waals surface area (Å²) in [7, 11) is 0. The maximum atomic E-state index is 12.1.